The monoisotopic (exact) mass is 131 g/mol. The van der Waals surface area contributed by atoms with Crippen molar-refractivity contribution in [2.45, 2.75) is 0 Å². The fourth-order valence-electron chi connectivity index (χ4n) is 0.341. The van der Waals surface area contributed by atoms with E-state index in [4.69, 9.17) is 11.6 Å². The summed E-state index contributed by atoms with van der Waals surface area (Å²) in [5.41, 5.74) is 0. The van der Waals surface area contributed by atoms with Crippen LogP contribution in [0.2, 0.25) is 5.02 Å². The maximum absolute atomic E-state index is 5.48. The molecule has 0 unspecified atom stereocenters. The first kappa shape index (κ1) is 5.44. The van der Waals surface area contributed by atoms with E-state index in [0.29, 0.717) is 10.8 Å². The van der Waals surface area contributed by atoms with Crippen molar-refractivity contribution in [3.63, 3.8) is 0 Å². The maximum atomic E-state index is 5.48. The highest BCUT2D eigenvalue weighted by molar-refractivity contribution is 6.32. The molecule has 1 N–H and O–H groups in total. The first-order valence-corrected chi connectivity index (χ1v) is 2.35. The van der Waals surface area contributed by atoms with Crippen LogP contribution in [-0.2, 0) is 0 Å². The van der Waals surface area contributed by atoms with E-state index in [9.17, 15) is 0 Å². The number of anilines is 1. The number of rotatable bonds is 1. The fraction of sp³-hybridized carbons (Fsp3) is 0. The molecule has 3 nitrogen and oxygen atoms in total. The van der Waals surface area contributed by atoms with Crippen molar-refractivity contribution >= 4 is 17.4 Å². The largest absolute Gasteiger partial charge is 0.364 e. The van der Waals surface area contributed by atoms with Crippen molar-refractivity contribution in [3.8, 4) is 0 Å². The van der Waals surface area contributed by atoms with E-state index in [1.54, 1.807) is 0 Å². The average Bonchev–Trinajstić information content (AvgIpc) is 2.14. The summed E-state index contributed by atoms with van der Waals surface area (Å²) >= 11 is 5.48. The SMILES string of the molecule is [CH2]Nc1nocc1Cl. The van der Waals surface area contributed by atoms with E-state index in [0.717, 1.165) is 0 Å². The second-order valence-corrected chi connectivity index (χ2v) is 1.60. The first-order valence-electron chi connectivity index (χ1n) is 1.97. The molecule has 0 fully saturated rings. The van der Waals surface area contributed by atoms with Crippen LogP contribution < -0.4 is 5.32 Å². The van der Waals surface area contributed by atoms with Crippen LogP contribution in [0.3, 0.4) is 0 Å². The molecule has 8 heavy (non-hydrogen) atoms. The molecule has 0 spiro atoms. The second kappa shape index (κ2) is 2.05. The third-order valence-electron chi connectivity index (χ3n) is 0.694. The summed E-state index contributed by atoms with van der Waals surface area (Å²) in [6.45, 7) is 0. The highest BCUT2D eigenvalue weighted by Gasteiger charge is 1.98. The number of halogens is 1. The van der Waals surface area contributed by atoms with Gasteiger partial charge in [-0.3, -0.25) is 0 Å². The van der Waals surface area contributed by atoms with E-state index in [2.05, 4.69) is 22.0 Å². The molecule has 0 aliphatic heterocycles. The van der Waals surface area contributed by atoms with E-state index < -0.39 is 0 Å². The third kappa shape index (κ3) is 0.767. The molecule has 1 rings (SSSR count). The van der Waals surface area contributed by atoms with Gasteiger partial charge in [-0.2, -0.15) is 0 Å². The van der Waals surface area contributed by atoms with Gasteiger partial charge >= 0.3 is 0 Å². The molecule has 0 atom stereocenters. The second-order valence-electron chi connectivity index (χ2n) is 1.19. The van der Waals surface area contributed by atoms with Gasteiger partial charge in [0.1, 0.15) is 11.3 Å². The predicted molar refractivity (Wildman–Crippen MR) is 30.5 cm³/mol. The van der Waals surface area contributed by atoms with Crippen molar-refractivity contribution in [1.82, 2.24) is 5.16 Å². The molecule has 1 aromatic rings. The molecule has 1 radical (unpaired) electrons. The number of nitrogens with one attached hydrogen (secondary N) is 1. The molecular formula is C4H4ClN2O. The van der Waals surface area contributed by atoms with Gasteiger partial charge in [-0.15, -0.1) is 0 Å². The molecule has 0 bridgehead atoms. The van der Waals surface area contributed by atoms with Gasteiger partial charge in [0.25, 0.3) is 0 Å². The Labute approximate surface area is 51.6 Å². The summed E-state index contributed by atoms with van der Waals surface area (Å²) in [4.78, 5) is 0. The van der Waals surface area contributed by atoms with Gasteiger partial charge in [-0.1, -0.05) is 16.8 Å². The van der Waals surface area contributed by atoms with Crippen molar-refractivity contribution < 1.29 is 4.52 Å². The number of hydrogen-bond acceptors (Lipinski definition) is 3. The summed E-state index contributed by atoms with van der Waals surface area (Å²) in [6.07, 6.45) is 1.33. The molecule has 0 aliphatic carbocycles. The Bertz CT molecular complexity index is 174. The lowest BCUT2D eigenvalue weighted by Crippen LogP contribution is -1.82. The standard InChI is InChI=1S/C4H4ClN2O/c1-6-4-3(5)2-8-7-4/h2H,1H2,(H,6,7). The van der Waals surface area contributed by atoms with Gasteiger partial charge in [0.2, 0.25) is 0 Å². The molecule has 0 saturated heterocycles. The normalized spacial score (nSPS) is 9.25. The van der Waals surface area contributed by atoms with E-state index in [1.165, 1.54) is 6.26 Å². The zero-order valence-corrected chi connectivity index (χ0v) is 4.77. The molecule has 1 aromatic heterocycles. The van der Waals surface area contributed by atoms with E-state index >= 15 is 0 Å². The molecule has 4 heteroatoms. The minimum atomic E-state index is 0.444. The Morgan fingerprint density at radius 3 is 2.88 bits per heavy atom. The molecule has 1 heterocycles. The summed E-state index contributed by atoms with van der Waals surface area (Å²) in [6, 6.07) is 0. The Morgan fingerprint density at radius 2 is 2.62 bits per heavy atom. The third-order valence-corrected chi connectivity index (χ3v) is 0.962. The fourth-order valence-corrected chi connectivity index (χ4v) is 0.483. The van der Waals surface area contributed by atoms with E-state index in [1.807, 2.05) is 0 Å². The van der Waals surface area contributed by atoms with Crippen LogP contribution in [0, 0.1) is 7.05 Å². The van der Waals surface area contributed by atoms with Crippen LogP contribution in [0.5, 0.6) is 0 Å². The number of hydrogen-bond donors (Lipinski definition) is 1. The van der Waals surface area contributed by atoms with Gasteiger partial charge in [-0.25, -0.2) is 0 Å². The van der Waals surface area contributed by atoms with Gasteiger partial charge in [-0.05, 0) is 0 Å². The van der Waals surface area contributed by atoms with E-state index in [-0.39, 0.29) is 0 Å². The molecule has 0 aliphatic rings. The summed E-state index contributed by atoms with van der Waals surface area (Å²) in [7, 11) is 3.33. The predicted octanol–water partition coefficient (Wildman–Crippen LogP) is 1.53. The Balaban J connectivity index is 2.92. The molecule has 0 aromatic carbocycles. The van der Waals surface area contributed by atoms with Crippen LogP contribution in [0.15, 0.2) is 10.8 Å². The van der Waals surface area contributed by atoms with Crippen molar-refractivity contribution in [2.75, 3.05) is 5.32 Å². The van der Waals surface area contributed by atoms with Crippen molar-refractivity contribution in [2.24, 2.45) is 0 Å². The van der Waals surface area contributed by atoms with Crippen LogP contribution in [-0.4, -0.2) is 5.16 Å². The van der Waals surface area contributed by atoms with Gasteiger partial charge in [0.15, 0.2) is 5.82 Å². The smallest absolute Gasteiger partial charge is 0.188 e. The minimum absolute atomic E-state index is 0.444. The van der Waals surface area contributed by atoms with Crippen molar-refractivity contribution in [3.05, 3.63) is 18.3 Å². The first-order chi connectivity index (χ1) is 3.84. The highest BCUT2D eigenvalue weighted by Crippen LogP contribution is 2.17. The topological polar surface area (TPSA) is 38.1 Å². The highest BCUT2D eigenvalue weighted by atomic mass is 35.5. The zero-order valence-electron chi connectivity index (χ0n) is 4.02. The summed E-state index contributed by atoms with van der Waals surface area (Å²) in [5.74, 6) is 0.465. The molecule has 0 amide bonds. The Hall–Kier alpha value is -0.700. The maximum Gasteiger partial charge on any atom is 0.188 e. The van der Waals surface area contributed by atoms with Gasteiger partial charge < -0.3 is 9.84 Å². The van der Waals surface area contributed by atoms with Crippen molar-refractivity contribution in [1.29, 1.82) is 0 Å². The summed E-state index contributed by atoms with van der Waals surface area (Å²) < 4.78 is 4.45. The Morgan fingerprint density at radius 1 is 1.88 bits per heavy atom. The minimum Gasteiger partial charge on any atom is -0.364 e. The molecular weight excluding hydrogens is 128 g/mol. The summed E-state index contributed by atoms with van der Waals surface area (Å²) in [5, 5.41) is 6.39. The van der Waals surface area contributed by atoms with Crippen LogP contribution >= 0.6 is 11.6 Å². The van der Waals surface area contributed by atoms with Gasteiger partial charge in [0, 0.05) is 7.05 Å². The lowest BCUT2D eigenvalue weighted by Gasteiger charge is -1.86. The number of nitrogens with zero attached hydrogens (tertiary/aromatic N) is 1. The Kier molecular flexibility index (Phi) is 1.39. The lowest BCUT2D eigenvalue weighted by molar-refractivity contribution is 0.423. The quantitative estimate of drug-likeness (QED) is 0.628. The zero-order chi connectivity index (χ0) is 5.98. The molecule has 0 saturated carbocycles. The van der Waals surface area contributed by atoms with Gasteiger partial charge in [0.05, 0.1) is 0 Å². The van der Waals surface area contributed by atoms with Crippen LogP contribution in [0.25, 0.3) is 0 Å². The average molecular weight is 132 g/mol. The number of aromatic nitrogens is 1. The lowest BCUT2D eigenvalue weighted by atomic mass is 10.6. The molecule has 43 valence electrons. The van der Waals surface area contributed by atoms with Crippen LogP contribution in [0.1, 0.15) is 0 Å². The van der Waals surface area contributed by atoms with Crippen LogP contribution in [0.4, 0.5) is 5.82 Å².